The van der Waals surface area contributed by atoms with E-state index in [-0.39, 0.29) is 5.82 Å². The van der Waals surface area contributed by atoms with Crippen LogP contribution in [0.15, 0.2) is 54.2 Å². The Labute approximate surface area is 120 Å². The highest BCUT2D eigenvalue weighted by atomic mass is 19.1. The van der Waals surface area contributed by atoms with Crippen LogP contribution in [0.25, 0.3) is 0 Å². The van der Waals surface area contributed by atoms with E-state index in [9.17, 15) is 4.39 Å². The Bertz CT molecular complexity index is 555. The average Bonchev–Trinajstić information content (AvgIpc) is 2.53. The van der Waals surface area contributed by atoms with Gasteiger partial charge in [0.2, 0.25) is 0 Å². The SMILES string of the molecule is C=C/C=C\C1=C(C)Cc2ccc(F)cc2CC1CCN. The van der Waals surface area contributed by atoms with Gasteiger partial charge < -0.3 is 5.73 Å². The molecule has 1 unspecified atom stereocenters. The number of benzene rings is 1. The first-order valence-corrected chi connectivity index (χ1v) is 7.11. The first kappa shape index (κ1) is 14.7. The summed E-state index contributed by atoms with van der Waals surface area (Å²) in [5, 5.41) is 0. The molecule has 0 heterocycles. The van der Waals surface area contributed by atoms with Crippen LogP contribution in [0.4, 0.5) is 4.39 Å². The highest BCUT2D eigenvalue weighted by Gasteiger charge is 2.21. The Kier molecular flexibility index (Phi) is 4.91. The molecule has 0 aliphatic heterocycles. The van der Waals surface area contributed by atoms with E-state index in [4.69, 9.17) is 5.73 Å². The number of hydrogen-bond acceptors (Lipinski definition) is 1. The van der Waals surface area contributed by atoms with Gasteiger partial charge in [-0.1, -0.05) is 36.4 Å². The van der Waals surface area contributed by atoms with Crippen LogP contribution in [0.3, 0.4) is 0 Å². The number of fused-ring (bicyclic) bond motifs is 1. The number of allylic oxidation sites excluding steroid dienone is 5. The molecule has 1 atom stereocenters. The molecule has 106 valence electrons. The van der Waals surface area contributed by atoms with E-state index in [1.54, 1.807) is 18.2 Å². The van der Waals surface area contributed by atoms with Crippen LogP contribution in [0.1, 0.15) is 24.5 Å². The maximum absolute atomic E-state index is 13.5. The molecule has 0 radical (unpaired) electrons. The molecule has 2 N–H and O–H groups in total. The topological polar surface area (TPSA) is 26.0 Å². The van der Waals surface area contributed by atoms with Gasteiger partial charge in [-0.15, -0.1) is 0 Å². The van der Waals surface area contributed by atoms with Crippen LogP contribution in [0.2, 0.25) is 0 Å². The molecule has 1 aliphatic rings. The van der Waals surface area contributed by atoms with Crippen LogP contribution in [0, 0.1) is 11.7 Å². The molecule has 1 aromatic carbocycles. The standard InChI is InChI=1S/C18H22FN/c1-3-4-5-18-13(2)10-14-6-7-17(19)12-16(14)11-15(18)8-9-20/h3-7,12,15H,1,8-11,20H2,2H3/b5-4-. The Morgan fingerprint density at radius 3 is 2.90 bits per heavy atom. The normalized spacial score (nSPS) is 19.1. The summed E-state index contributed by atoms with van der Waals surface area (Å²) in [5.41, 5.74) is 10.8. The van der Waals surface area contributed by atoms with Crippen molar-refractivity contribution >= 4 is 0 Å². The zero-order valence-corrected chi connectivity index (χ0v) is 12.0. The molecule has 0 spiro atoms. The Morgan fingerprint density at radius 1 is 1.40 bits per heavy atom. The molecule has 0 fully saturated rings. The molecular weight excluding hydrogens is 249 g/mol. The van der Waals surface area contributed by atoms with Crippen molar-refractivity contribution in [1.82, 2.24) is 0 Å². The monoisotopic (exact) mass is 271 g/mol. The first-order chi connectivity index (χ1) is 9.65. The molecule has 0 bridgehead atoms. The molecular formula is C18H22FN. The summed E-state index contributed by atoms with van der Waals surface area (Å²) in [6, 6.07) is 5.13. The zero-order chi connectivity index (χ0) is 14.5. The molecule has 1 nitrogen and oxygen atoms in total. The summed E-state index contributed by atoms with van der Waals surface area (Å²) in [6.07, 6.45) is 8.55. The van der Waals surface area contributed by atoms with Gasteiger partial charge in [-0.05, 0) is 67.5 Å². The Balaban J connectivity index is 2.43. The van der Waals surface area contributed by atoms with Crippen molar-refractivity contribution in [3.63, 3.8) is 0 Å². The van der Waals surface area contributed by atoms with Crippen LogP contribution in [0.5, 0.6) is 0 Å². The Hall–Kier alpha value is -1.67. The predicted octanol–water partition coefficient (Wildman–Crippen LogP) is 3.95. The van der Waals surface area contributed by atoms with Crippen LogP contribution < -0.4 is 5.73 Å². The molecule has 0 aromatic heterocycles. The van der Waals surface area contributed by atoms with E-state index in [1.807, 2.05) is 12.1 Å². The van der Waals surface area contributed by atoms with E-state index in [0.29, 0.717) is 12.5 Å². The van der Waals surface area contributed by atoms with Gasteiger partial charge in [-0.3, -0.25) is 0 Å². The number of halogens is 1. The van der Waals surface area contributed by atoms with Crippen molar-refractivity contribution < 1.29 is 4.39 Å². The fraction of sp³-hybridized carbons (Fsp3) is 0.333. The van der Waals surface area contributed by atoms with E-state index >= 15 is 0 Å². The molecule has 1 aliphatic carbocycles. The summed E-state index contributed by atoms with van der Waals surface area (Å²) in [5.74, 6) is 0.206. The lowest BCUT2D eigenvalue weighted by atomic mass is 9.88. The van der Waals surface area contributed by atoms with Gasteiger partial charge in [-0.25, -0.2) is 4.39 Å². The summed E-state index contributed by atoms with van der Waals surface area (Å²) in [7, 11) is 0. The quantitative estimate of drug-likeness (QED) is 0.824. The summed E-state index contributed by atoms with van der Waals surface area (Å²) in [4.78, 5) is 0. The van der Waals surface area contributed by atoms with Gasteiger partial charge >= 0.3 is 0 Å². The lowest BCUT2D eigenvalue weighted by Crippen LogP contribution is -2.13. The van der Waals surface area contributed by atoms with E-state index in [0.717, 1.165) is 24.8 Å². The van der Waals surface area contributed by atoms with Crippen LogP contribution >= 0.6 is 0 Å². The summed E-state index contributed by atoms with van der Waals surface area (Å²) >= 11 is 0. The fourth-order valence-corrected chi connectivity index (χ4v) is 2.98. The molecule has 2 rings (SSSR count). The molecule has 20 heavy (non-hydrogen) atoms. The third-order valence-electron chi connectivity index (χ3n) is 3.95. The van der Waals surface area contributed by atoms with Gasteiger partial charge in [0.15, 0.2) is 0 Å². The smallest absolute Gasteiger partial charge is 0.123 e. The maximum Gasteiger partial charge on any atom is 0.123 e. The molecule has 1 aromatic rings. The van der Waals surface area contributed by atoms with E-state index in [1.165, 1.54) is 16.7 Å². The van der Waals surface area contributed by atoms with Gasteiger partial charge in [0, 0.05) is 0 Å². The highest BCUT2D eigenvalue weighted by Crippen LogP contribution is 2.32. The second-order valence-electron chi connectivity index (χ2n) is 5.40. The number of hydrogen-bond donors (Lipinski definition) is 1. The highest BCUT2D eigenvalue weighted by molar-refractivity contribution is 5.41. The van der Waals surface area contributed by atoms with Crippen LogP contribution in [-0.2, 0) is 12.8 Å². The van der Waals surface area contributed by atoms with Crippen molar-refractivity contribution in [3.8, 4) is 0 Å². The average molecular weight is 271 g/mol. The minimum absolute atomic E-state index is 0.155. The number of rotatable bonds is 4. The number of nitrogens with two attached hydrogens (primary N) is 1. The second kappa shape index (κ2) is 6.67. The molecule has 0 saturated carbocycles. The van der Waals surface area contributed by atoms with E-state index in [2.05, 4.69) is 19.6 Å². The van der Waals surface area contributed by atoms with Gasteiger partial charge in [0.25, 0.3) is 0 Å². The zero-order valence-electron chi connectivity index (χ0n) is 12.0. The van der Waals surface area contributed by atoms with Gasteiger partial charge in [0.05, 0.1) is 0 Å². The van der Waals surface area contributed by atoms with Crippen LogP contribution in [-0.4, -0.2) is 6.54 Å². The third kappa shape index (κ3) is 3.26. The minimum atomic E-state index is -0.155. The van der Waals surface area contributed by atoms with Gasteiger partial charge in [0.1, 0.15) is 5.82 Å². The third-order valence-corrected chi connectivity index (χ3v) is 3.95. The predicted molar refractivity (Wildman–Crippen MR) is 83.0 cm³/mol. The van der Waals surface area contributed by atoms with E-state index < -0.39 is 0 Å². The van der Waals surface area contributed by atoms with Crippen molar-refractivity contribution in [1.29, 1.82) is 0 Å². The fourth-order valence-electron chi connectivity index (χ4n) is 2.98. The lowest BCUT2D eigenvalue weighted by Gasteiger charge is -2.18. The van der Waals surface area contributed by atoms with Crippen molar-refractivity contribution in [2.45, 2.75) is 26.2 Å². The second-order valence-corrected chi connectivity index (χ2v) is 5.40. The minimum Gasteiger partial charge on any atom is -0.330 e. The first-order valence-electron chi connectivity index (χ1n) is 7.11. The summed E-state index contributed by atoms with van der Waals surface area (Å²) in [6.45, 7) is 6.54. The lowest BCUT2D eigenvalue weighted by molar-refractivity contribution is 0.569. The largest absolute Gasteiger partial charge is 0.330 e. The molecule has 0 saturated heterocycles. The van der Waals surface area contributed by atoms with Crippen molar-refractivity contribution in [2.75, 3.05) is 6.54 Å². The molecule has 0 amide bonds. The summed E-state index contributed by atoms with van der Waals surface area (Å²) < 4.78 is 13.5. The molecule has 2 heteroatoms. The van der Waals surface area contributed by atoms with Gasteiger partial charge in [-0.2, -0.15) is 0 Å². The maximum atomic E-state index is 13.5. The Morgan fingerprint density at radius 2 is 2.20 bits per heavy atom. The van der Waals surface area contributed by atoms with Crippen molar-refractivity contribution in [2.24, 2.45) is 11.7 Å². The van der Waals surface area contributed by atoms with Crippen molar-refractivity contribution in [3.05, 3.63) is 71.1 Å².